The van der Waals surface area contributed by atoms with Crippen LogP contribution in [0.5, 0.6) is 5.75 Å². The minimum Gasteiger partial charge on any atom is -0.496 e. The first kappa shape index (κ1) is 17.2. The molecule has 0 bridgehead atoms. The molecule has 5 heteroatoms. The molecule has 0 saturated heterocycles. The molecule has 0 aromatic heterocycles. The molecule has 0 radical (unpaired) electrons. The number of nitrogens with zero attached hydrogens (tertiary/aromatic N) is 1. The highest BCUT2D eigenvalue weighted by Crippen LogP contribution is 2.18. The molecule has 0 aliphatic heterocycles. The van der Waals surface area contributed by atoms with Crippen LogP contribution >= 0.6 is 12.4 Å². The van der Waals surface area contributed by atoms with Crippen molar-refractivity contribution in [1.29, 1.82) is 0 Å². The standard InChI is InChI=1S/C13H22N2O2.ClH/c1-15(8-10-17-9-7-14)11-12-5-3-4-6-13(12)16-2;/h3-6H,7-11,14H2,1-2H3;1H. The van der Waals surface area contributed by atoms with Crippen molar-refractivity contribution >= 4 is 12.4 Å². The topological polar surface area (TPSA) is 47.7 Å². The lowest BCUT2D eigenvalue weighted by Gasteiger charge is -2.18. The normalized spacial score (nSPS) is 10.2. The molecule has 2 N–H and O–H groups in total. The van der Waals surface area contributed by atoms with Crippen LogP contribution in [0, 0.1) is 0 Å². The zero-order chi connectivity index (χ0) is 12.5. The van der Waals surface area contributed by atoms with Crippen molar-refractivity contribution in [3.63, 3.8) is 0 Å². The number of halogens is 1. The molecule has 0 aliphatic rings. The molecule has 0 fully saturated rings. The van der Waals surface area contributed by atoms with Crippen LogP contribution < -0.4 is 10.5 Å². The SMILES string of the molecule is COc1ccccc1CN(C)CCOCCN.Cl. The molecule has 1 aromatic rings. The van der Waals surface area contributed by atoms with Gasteiger partial charge < -0.3 is 15.2 Å². The highest BCUT2D eigenvalue weighted by molar-refractivity contribution is 5.85. The second kappa shape index (κ2) is 10.1. The van der Waals surface area contributed by atoms with Gasteiger partial charge in [0.2, 0.25) is 0 Å². The van der Waals surface area contributed by atoms with E-state index in [0.717, 1.165) is 18.8 Å². The van der Waals surface area contributed by atoms with Gasteiger partial charge in [-0.1, -0.05) is 18.2 Å². The van der Waals surface area contributed by atoms with Gasteiger partial charge in [0.1, 0.15) is 5.75 Å². The molecular formula is C13H23ClN2O2. The molecule has 1 rings (SSSR count). The number of hydrogen-bond acceptors (Lipinski definition) is 4. The lowest BCUT2D eigenvalue weighted by atomic mass is 10.2. The van der Waals surface area contributed by atoms with E-state index in [0.29, 0.717) is 19.8 Å². The summed E-state index contributed by atoms with van der Waals surface area (Å²) in [6.07, 6.45) is 0. The number of benzene rings is 1. The molecular weight excluding hydrogens is 252 g/mol. The first-order valence-electron chi connectivity index (χ1n) is 5.86. The third-order valence-electron chi connectivity index (χ3n) is 2.51. The Morgan fingerprint density at radius 1 is 1.22 bits per heavy atom. The molecule has 104 valence electrons. The molecule has 18 heavy (non-hydrogen) atoms. The Labute approximate surface area is 115 Å². The minimum absolute atomic E-state index is 0. The van der Waals surface area contributed by atoms with Crippen LogP contribution in [-0.2, 0) is 11.3 Å². The lowest BCUT2D eigenvalue weighted by molar-refractivity contribution is 0.115. The molecule has 0 heterocycles. The summed E-state index contributed by atoms with van der Waals surface area (Å²) in [5, 5.41) is 0. The van der Waals surface area contributed by atoms with Crippen LogP contribution in [0.2, 0.25) is 0 Å². The maximum absolute atomic E-state index is 5.35. The van der Waals surface area contributed by atoms with E-state index in [2.05, 4.69) is 18.0 Å². The first-order chi connectivity index (χ1) is 8.27. The van der Waals surface area contributed by atoms with E-state index in [9.17, 15) is 0 Å². The van der Waals surface area contributed by atoms with Crippen LogP contribution in [0.3, 0.4) is 0 Å². The van der Waals surface area contributed by atoms with Crippen molar-refractivity contribution in [2.24, 2.45) is 5.73 Å². The summed E-state index contributed by atoms with van der Waals surface area (Å²) in [7, 11) is 3.77. The minimum atomic E-state index is 0. The number of rotatable bonds is 8. The van der Waals surface area contributed by atoms with Gasteiger partial charge in [0.15, 0.2) is 0 Å². The monoisotopic (exact) mass is 274 g/mol. The third kappa shape index (κ3) is 6.21. The molecule has 0 aliphatic carbocycles. The van der Waals surface area contributed by atoms with Gasteiger partial charge in [-0.2, -0.15) is 0 Å². The second-order valence-corrected chi connectivity index (χ2v) is 3.95. The van der Waals surface area contributed by atoms with Crippen molar-refractivity contribution in [2.75, 3.05) is 40.5 Å². The van der Waals surface area contributed by atoms with E-state index < -0.39 is 0 Å². The summed E-state index contributed by atoms with van der Waals surface area (Å²) < 4.78 is 10.7. The lowest BCUT2D eigenvalue weighted by Crippen LogP contribution is -2.24. The second-order valence-electron chi connectivity index (χ2n) is 3.95. The van der Waals surface area contributed by atoms with Crippen molar-refractivity contribution in [3.8, 4) is 5.75 Å². The fourth-order valence-corrected chi connectivity index (χ4v) is 1.61. The van der Waals surface area contributed by atoms with Gasteiger partial charge in [-0.15, -0.1) is 12.4 Å². The Morgan fingerprint density at radius 2 is 1.94 bits per heavy atom. The predicted octanol–water partition coefficient (Wildman–Crippen LogP) is 1.52. The van der Waals surface area contributed by atoms with Crippen molar-refractivity contribution in [2.45, 2.75) is 6.54 Å². The molecule has 0 unspecified atom stereocenters. The zero-order valence-electron chi connectivity index (χ0n) is 11.1. The Morgan fingerprint density at radius 3 is 2.61 bits per heavy atom. The average Bonchev–Trinajstić information content (AvgIpc) is 2.35. The van der Waals surface area contributed by atoms with Gasteiger partial charge >= 0.3 is 0 Å². The summed E-state index contributed by atoms with van der Waals surface area (Å²) >= 11 is 0. The van der Waals surface area contributed by atoms with E-state index >= 15 is 0 Å². The van der Waals surface area contributed by atoms with E-state index in [1.54, 1.807) is 7.11 Å². The van der Waals surface area contributed by atoms with Gasteiger partial charge in [-0.25, -0.2) is 0 Å². The maximum atomic E-state index is 5.35. The smallest absolute Gasteiger partial charge is 0.123 e. The Bertz CT molecular complexity index is 324. The molecule has 1 aromatic carbocycles. The summed E-state index contributed by atoms with van der Waals surface area (Å²) in [5.41, 5.74) is 6.54. The zero-order valence-corrected chi connectivity index (χ0v) is 11.9. The number of ether oxygens (including phenoxy) is 2. The first-order valence-corrected chi connectivity index (χ1v) is 5.86. The molecule has 4 nitrogen and oxygen atoms in total. The van der Waals surface area contributed by atoms with Gasteiger partial charge in [0, 0.05) is 25.2 Å². The molecule has 0 atom stereocenters. The molecule has 0 amide bonds. The number of para-hydroxylation sites is 1. The fraction of sp³-hybridized carbons (Fsp3) is 0.538. The Balaban J connectivity index is 0.00000289. The highest BCUT2D eigenvalue weighted by atomic mass is 35.5. The number of methoxy groups -OCH3 is 1. The number of nitrogens with two attached hydrogens (primary N) is 1. The van der Waals surface area contributed by atoms with Crippen LogP contribution in [-0.4, -0.2) is 45.4 Å². The Hall–Kier alpha value is -0.810. The van der Waals surface area contributed by atoms with E-state index in [1.807, 2.05) is 18.2 Å². The number of likely N-dealkylation sites (N-methyl/N-ethyl adjacent to an activating group) is 1. The van der Waals surface area contributed by atoms with Crippen LogP contribution in [0.4, 0.5) is 0 Å². The van der Waals surface area contributed by atoms with Crippen molar-refractivity contribution in [3.05, 3.63) is 29.8 Å². The molecule has 0 saturated carbocycles. The predicted molar refractivity (Wildman–Crippen MR) is 76.4 cm³/mol. The maximum Gasteiger partial charge on any atom is 0.123 e. The Kier molecular flexibility index (Phi) is 9.69. The van der Waals surface area contributed by atoms with Gasteiger partial charge in [0.25, 0.3) is 0 Å². The van der Waals surface area contributed by atoms with Gasteiger partial charge in [-0.3, -0.25) is 4.90 Å². The summed E-state index contributed by atoms with van der Waals surface area (Å²) in [4.78, 5) is 2.20. The summed E-state index contributed by atoms with van der Waals surface area (Å²) in [6, 6.07) is 8.06. The number of hydrogen-bond donors (Lipinski definition) is 1. The van der Waals surface area contributed by atoms with E-state index in [1.165, 1.54) is 5.56 Å². The van der Waals surface area contributed by atoms with Crippen molar-refractivity contribution in [1.82, 2.24) is 4.90 Å². The van der Waals surface area contributed by atoms with E-state index in [-0.39, 0.29) is 12.4 Å². The van der Waals surface area contributed by atoms with Crippen LogP contribution in [0.25, 0.3) is 0 Å². The van der Waals surface area contributed by atoms with Crippen LogP contribution in [0.15, 0.2) is 24.3 Å². The summed E-state index contributed by atoms with van der Waals surface area (Å²) in [6.45, 7) is 3.66. The summed E-state index contributed by atoms with van der Waals surface area (Å²) in [5.74, 6) is 0.933. The highest BCUT2D eigenvalue weighted by Gasteiger charge is 2.05. The molecule has 0 spiro atoms. The fourth-order valence-electron chi connectivity index (χ4n) is 1.61. The van der Waals surface area contributed by atoms with Gasteiger partial charge in [0.05, 0.1) is 20.3 Å². The largest absolute Gasteiger partial charge is 0.496 e. The quantitative estimate of drug-likeness (QED) is 0.731. The van der Waals surface area contributed by atoms with E-state index in [4.69, 9.17) is 15.2 Å². The van der Waals surface area contributed by atoms with Crippen molar-refractivity contribution < 1.29 is 9.47 Å². The third-order valence-corrected chi connectivity index (χ3v) is 2.51. The average molecular weight is 275 g/mol. The van der Waals surface area contributed by atoms with Crippen LogP contribution in [0.1, 0.15) is 5.56 Å². The van der Waals surface area contributed by atoms with Gasteiger partial charge in [-0.05, 0) is 13.1 Å².